The zero-order valence-corrected chi connectivity index (χ0v) is 14.2. The van der Waals surface area contributed by atoms with Crippen molar-refractivity contribution in [2.75, 3.05) is 5.32 Å². The summed E-state index contributed by atoms with van der Waals surface area (Å²) in [5, 5.41) is 7.57. The Morgan fingerprint density at radius 1 is 1.00 bits per heavy atom. The highest BCUT2D eigenvalue weighted by molar-refractivity contribution is 6.02. The average Bonchev–Trinajstić information content (AvgIpc) is 3.33. The fraction of sp³-hybridized carbons (Fsp3) is 0.0476. The van der Waals surface area contributed by atoms with Crippen LogP contribution in [0.25, 0.3) is 16.9 Å². The zero-order chi connectivity index (χ0) is 17.9. The van der Waals surface area contributed by atoms with E-state index in [4.69, 9.17) is 4.42 Å². The van der Waals surface area contributed by atoms with Crippen LogP contribution < -0.4 is 5.32 Å². The molecule has 4 aromatic rings. The van der Waals surface area contributed by atoms with E-state index >= 15 is 0 Å². The van der Waals surface area contributed by atoms with Crippen LogP contribution in [0.15, 0.2) is 83.5 Å². The van der Waals surface area contributed by atoms with Gasteiger partial charge in [-0.15, -0.1) is 0 Å². The normalized spacial score (nSPS) is 10.7. The Morgan fingerprint density at radius 2 is 1.77 bits per heavy atom. The van der Waals surface area contributed by atoms with Gasteiger partial charge in [0.15, 0.2) is 5.76 Å². The van der Waals surface area contributed by atoms with Crippen LogP contribution in [0, 0.1) is 6.92 Å². The van der Waals surface area contributed by atoms with Gasteiger partial charge in [0.1, 0.15) is 5.82 Å². The number of nitrogens with zero attached hydrogens (tertiary/aromatic N) is 2. The van der Waals surface area contributed by atoms with E-state index in [1.807, 2.05) is 67.6 Å². The van der Waals surface area contributed by atoms with E-state index in [0.29, 0.717) is 5.82 Å². The summed E-state index contributed by atoms with van der Waals surface area (Å²) in [6.45, 7) is 2.04. The zero-order valence-electron chi connectivity index (χ0n) is 14.2. The summed E-state index contributed by atoms with van der Waals surface area (Å²) in [6, 6.07) is 23.0. The minimum absolute atomic E-state index is 0.252. The SMILES string of the molecule is Cc1ccc(-c2cc(NC(=O)c3ccco3)n(-c3ccccc3)n2)cc1. The summed E-state index contributed by atoms with van der Waals surface area (Å²) >= 11 is 0. The molecule has 0 unspecified atom stereocenters. The number of hydrogen-bond donors (Lipinski definition) is 1. The van der Waals surface area contributed by atoms with Gasteiger partial charge in [0.05, 0.1) is 17.6 Å². The van der Waals surface area contributed by atoms with Crippen LogP contribution in [0.3, 0.4) is 0 Å². The van der Waals surface area contributed by atoms with E-state index in [9.17, 15) is 4.79 Å². The number of aryl methyl sites for hydroxylation is 1. The molecule has 0 saturated heterocycles. The lowest BCUT2D eigenvalue weighted by atomic mass is 10.1. The maximum Gasteiger partial charge on any atom is 0.292 e. The molecule has 0 saturated carbocycles. The molecule has 0 atom stereocenters. The Kier molecular flexibility index (Phi) is 4.11. The van der Waals surface area contributed by atoms with Gasteiger partial charge in [-0.2, -0.15) is 5.10 Å². The third-order valence-electron chi connectivity index (χ3n) is 4.04. The van der Waals surface area contributed by atoms with Crippen molar-refractivity contribution in [2.45, 2.75) is 6.92 Å². The Labute approximate surface area is 150 Å². The van der Waals surface area contributed by atoms with Gasteiger partial charge >= 0.3 is 0 Å². The molecule has 0 fully saturated rings. The molecular weight excluding hydrogens is 326 g/mol. The molecule has 1 amide bonds. The highest BCUT2D eigenvalue weighted by Gasteiger charge is 2.16. The molecule has 26 heavy (non-hydrogen) atoms. The van der Waals surface area contributed by atoms with E-state index < -0.39 is 0 Å². The number of para-hydroxylation sites is 1. The Bertz CT molecular complexity index is 1020. The second-order valence-corrected chi connectivity index (χ2v) is 5.96. The molecule has 2 aromatic carbocycles. The lowest BCUT2D eigenvalue weighted by Crippen LogP contribution is -2.14. The van der Waals surface area contributed by atoms with Gasteiger partial charge in [0.2, 0.25) is 0 Å². The fourth-order valence-corrected chi connectivity index (χ4v) is 2.69. The molecule has 0 aliphatic rings. The van der Waals surface area contributed by atoms with Crippen LogP contribution in [-0.2, 0) is 0 Å². The van der Waals surface area contributed by atoms with Crippen LogP contribution in [0.1, 0.15) is 16.1 Å². The van der Waals surface area contributed by atoms with Gasteiger partial charge in [0.25, 0.3) is 5.91 Å². The van der Waals surface area contributed by atoms with Crippen molar-refractivity contribution in [3.8, 4) is 16.9 Å². The monoisotopic (exact) mass is 343 g/mol. The van der Waals surface area contributed by atoms with Gasteiger partial charge in [-0.25, -0.2) is 4.68 Å². The number of amides is 1. The van der Waals surface area contributed by atoms with Gasteiger partial charge in [0, 0.05) is 11.6 Å². The number of aromatic nitrogens is 2. The van der Waals surface area contributed by atoms with Crippen molar-refractivity contribution in [2.24, 2.45) is 0 Å². The van der Waals surface area contributed by atoms with Crippen molar-refractivity contribution in [1.29, 1.82) is 0 Å². The molecule has 5 heteroatoms. The fourth-order valence-electron chi connectivity index (χ4n) is 2.69. The lowest BCUT2D eigenvalue weighted by Gasteiger charge is -2.07. The second kappa shape index (κ2) is 6.72. The molecule has 1 N–H and O–H groups in total. The Balaban J connectivity index is 1.75. The predicted molar refractivity (Wildman–Crippen MR) is 100 cm³/mol. The Hall–Kier alpha value is -3.60. The van der Waals surface area contributed by atoms with Crippen LogP contribution in [0.4, 0.5) is 5.82 Å². The first kappa shape index (κ1) is 15.9. The summed E-state index contributed by atoms with van der Waals surface area (Å²) in [6.07, 6.45) is 1.47. The van der Waals surface area contributed by atoms with E-state index in [0.717, 1.165) is 16.9 Å². The standard InChI is InChI=1S/C21H17N3O2/c1-15-9-11-16(12-10-15)18-14-20(22-21(25)19-8-5-13-26-19)24(23-18)17-6-3-2-4-7-17/h2-14H,1H3,(H,22,25). The Morgan fingerprint density at radius 3 is 2.46 bits per heavy atom. The first-order valence-corrected chi connectivity index (χ1v) is 8.28. The summed E-state index contributed by atoms with van der Waals surface area (Å²) < 4.78 is 6.89. The van der Waals surface area contributed by atoms with E-state index in [-0.39, 0.29) is 11.7 Å². The molecule has 5 nitrogen and oxygen atoms in total. The number of hydrogen-bond acceptors (Lipinski definition) is 3. The van der Waals surface area contributed by atoms with Gasteiger partial charge in [-0.1, -0.05) is 48.0 Å². The summed E-state index contributed by atoms with van der Waals surface area (Å²) in [7, 11) is 0. The quantitative estimate of drug-likeness (QED) is 0.584. The molecule has 128 valence electrons. The van der Waals surface area contributed by atoms with Gasteiger partial charge < -0.3 is 9.73 Å². The third-order valence-corrected chi connectivity index (χ3v) is 4.04. The molecule has 4 rings (SSSR count). The maximum atomic E-state index is 12.4. The molecular formula is C21H17N3O2. The van der Waals surface area contributed by atoms with Gasteiger partial charge in [-0.05, 0) is 31.2 Å². The lowest BCUT2D eigenvalue weighted by molar-refractivity contribution is 0.0996. The number of nitrogens with one attached hydrogen (secondary N) is 1. The highest BCUT2D eigenvalue weighted by atomic mass is 16.3. The average molecular weight is 343 g/mol. The third kappa shape index (κ3) is 3.15. The van der Waals surface area contributed by atoms with E-state index in [1.54, 1.807) is 16.8 Å². The van der Waals surface area contributed by atoms with E-state index in [1.165, 1.54) is 11.8 Å². The summed E-state index contributed by atoms with van der Waals surface area (Å²) in [5.41, 5.74) is 3.81. The van der Waals surface area contributed by atoms with Crippen molar-refractivity contribution in [3.05, 3.63) is 90.4 Å². The first-order valence-electron chi connectivity index (χ1n) is 8.28. The molecule has 2 heterocycles. The summed E-state index contributed by atoms with van der Waals surface area (Å²) in [5.74, 6) is 0.512. The maximum absolute atomic E-state index is 12.4. The number of carbonyl (C=O) groups excluding carboxylic acids is 1. The topological polar surface area (TPSA) is 60.1 Å². The van der Waals surface area contributed by atoms with Crippen molar-refractivity contribution < 1.29 is 9.21 Å². The van der Waals surface area contributed by atoms with Crippen LogP contribution in [0.5, 0.6) is 0 Å². The number of benzene rings is 2. The largest absolute Gasteiger partial charge is 0.459 e. The predicted octanol–water partition coefficient (Wildman–Crippen LogP) is 4.69. The second-order valence-electron chi connectivity index (χ2n) is 5.96. The molecule has 0 bridgehead atoms. The van der Waals surface area contributed by atoms with Crippen molar-refractivity contribution in [3.63, 3.8) is 0 Å². The number of carbonyl (C=O) groups is 1. The van der Waals surface area contributed by atoms with Crippen LogP contribution in [0.2, 0.25) is 0 Å². The highest BCUT2D eigenvalue weighted by Crippen LogP contribution is 2.25. The smallest absolute Gasteiger partial charge is 0.292 e. The van der Waals surface area contributed by atoms with Crippen molar-refractivity contribution >= 4 is 11.7 Å². The number of furan rings is 1. The number of anilines is 1. The molecule has 0 aliphatic carbocycles. The molecule has 0 spiro atoms. The van der Waals surface area contributed by atoms with Crippen LogP contribution >= 0.6 is 0 Å². The number of rotatable bonds is 4. The minimum atomic E-state index is -0.317. The minimum Gasteiger partial charge on any atom is -0.459 e. The van der Waals surface area contributed by atoms with Gasteiger partial charge in [-0.3, -0.25) is 4.79 Å². The first-order chi connectivity index (χ1) is 12.7. The molecule has 0 radical (unpaired) electrons. The van der Waals surface area contributed by atoms with E-state index in [2.05, 4.69) is 10.4 Å². The van der Waals surface area contributed by atoms with Crippen LogP contribution in [-0.4, -0.2) is 15.7 Å². The molecule has 0 aliphatic heterocycles. The molecule has 2 aromatic heterocycles. The van der Waals surface area contributed by atoms with Crippen molar-refractivity contribution in [1.82, 2.24) is 9.78 Å². The summed E-state index contributed by atoms with van der Waals surface area (Å²) in [4.78, 5) is 12.4.